The number of fused-ring (bicyclic) bond motifs is 1. The second-order valence-electron chi connectivity index (χ2n) is 14.8. The third kappa shape index (κ3) is 12.2. The summed E-state index contributed by atoms with van der Waals surface area (Å²) in [6, 6.07) is 12.7. The highest BCUT2D eigenvalue weighted by Crippen LogP contribution is 2.31. The van der Waals surface area contributed by atoms with Crippen LogP contribution in [0, 0.1) is 23.7 Å². The minimum Gasteiger partial charge on any atom is -0.490 e. The summed E-state index contributed by atoms with van der Waals surface area (Å²) in [7, 11) is 1.60. The molecule has 2 unspecified atom stereocenters. The van der Waals surface area contributed by atoms with Crippen molar-refractivity contribution in [3.63, 3.8) is 0 Å². The molecule has 1 heterocycles. The Morgan fingerprint density at radius 3 is 2.30 bits per heavy atom. The van der Waals surface area contributed by atoms with Crippen molar-refractivity contribution >= 4 is 28.8 Å². The SMILES string of the molecule is CCC(C)C(NC(=O)[C@H](C(C)C)[C@@H](O)[C@H](O)[C@H](CC1CCCCC1)NC(=O)c1ccccc1OCCOCCOC)C(=O)NCc1nc2ccccc2[nH]1. The van der Waals surface area contributed by atoms with E-state index in [1.807, 2.05) is 38.1 Å². The van der Waals surface area contributed by atoms with Gasteiger partial charge in [-0.25, -0.2) is 4.98 Å². The zero-order chi connectivity index (χ0) is 39.0. The Bertz CT molecular complexity index is 1580. The number of benzene rings is 2. The summed E-state index contributed by atoms with van der Waals surface area (Å²) in [5, 5.41) is 32.5. The Balaban J connectivity index is 1.47. The van der Waals surface area contributed by atoms with E-state index in [1.165, 1.54) is 0 Å². The zero-order valence-electron chi connectivity index (χ0n) is 32.5. The van der Waals surface area contributed by atoms with Crippen LogP contribution in [0.1, 0.15) is 88.8 Å². The number of aromatic amines is 1. The average Bonchev–Trinajstić information content (AvgIpc) is 3.60. The van der Waals surface area contributed by atoms with Crippen molar-refractivity contribution in [1.29, 1.82) is 0 Å². The number of hydrogen-bond acceptors (Lipinski definition) is 9. The minimum absolute atomic E-state index is 0.143. The van der Waals surface area contributed by atoms with E-state index in [4.69, 9.17) is 14.2 Å². The molecule has 1 aliphatic carbocycles. The lowest BCUT2D eigenvalue weighted by molar-refractivity contribution is -0.140. The predicted molar refractivity (Wildman–Crippen MR) is 207 cm³/mol. The molecule has 13 nitrogen and oxygen atoms in total. The first-order valence-corrected chi connectivity index (χ1v) is 19.5. The lowest BCUT2D eigenvalue weighted by Gasteiger charge is -2.36. The summed E-state index contributed by atoms with van der Waals surface area (Å²) < 4.78 is 16.4. The van der Waals surface area contributed by atoms with E-state index < -0.39 is 47.9 Å². The first-order valence-electron chi connectivity index (χ1n) is 19.5. The van der Waals surface area contributed by atoms with Gasteiger partial charge in [-0.3, -0.25) is 14.4 Å². The summed E-state index contributed by atoms with van der Waals surface area (Å²) in [6.45, 7) is 8.98. The Hall–Kier alpha value is -4.04. The highest BCUT2D eigenvalue weighted by molar-refractivity contribution is 5.97. The molecule has 1 fully saturated rings. The number of H-pyrrole nitrogens is 1. The van der Waals surface area contributed by atoms with E-state index in [9.17, 15) is 24.6 Å². The number of rotatable bonds is 22. The van der Waals surface area contributed by atoms with Crippen molar-refractivity contribution in [2.75, 3.05) is 33.5 Å². The molecule has 0 saturated heterocycles. The summed E-state index contributed by atoms with van der Waals surface area (Å²) in [5.41, 5.74) is 1.93. The molecule has 3 aromatic rings. The monoisotopic (exact) mass is 751 g/mol. The number of nitrogens with zero attached hydrogens (tertiary/aromatic N) is 1. The van der Waals surface area contributed by atoms with Crippen LogP contribution < -0.4 is 20.7 Å². The largest absolute Gasteiger partial charge is 0.490 e. The molecule has 6 atom stereocenters. The van der Waals surface area contributed by atoms with Gasteiger partial charge in [-0.2, -0.15) is 0 Å². The maximum absolute atomic E-state index is 14.0. The molecule has 0 bridgehead atoms. The van der Waals surface area contributed by atoms with E-state index in [-0.39, 0.29) is 36.5 Å². The molecule has 0 spiro atoms. The van der Waals surface area contributed by atoms with Gasteiger partial charge in [0, 0.05) is 7.11 Å². The van der Waals surface area contributed by atoms with Crippen LogP contribution in [-0.4, -0.2) is 95.7 Å². The Kier molecular flexibility index (Phi) is 17.2. The highest BCUT2D eigenvalue weighted by Gasteiger charge is 2.41. The first kappa shape index (κ1) is 42.7. The smallest absolute Gasteiger partial charge is 0.255 e. The van der Waals surface area contributed by atoms with Crippen LogP contribution in [0.15, 0.2) is 48.5 Å². The van der Waals surface area contributed by atoms with Gasteiger partial charge in [0.1, 0.15) is 30.3 Å². The van der Waals surface area contributed by atoms with Gasteiger partial charge < -0.3 is 45.4 Å². The summed E-state index contributed by atoms with van der Waals surface area (Å²) in [5.74, 6) is -1.89. The maximum Gasteiger partial charge on any atom is 0.255 e. The molecule has 4 rings (SSSR count). The molecule has 6 N–H and O–H groups in total. The van der Waals surface area contributed by atoms with Gasteiger partial charge in [-0.05, 0) is 48.4 Å². The fourth-order valence-electron chi connectivity index (χ4n) is 7.17. The number of amides is 3. The molecule has 13 heteroatoms. The molecule has 2 aromatic carbocycles. The van der Waals surface area contributed by atoms with Crippen LogP contribution >= 0.6 is 0 Å². The van der Waals surface area contributed by atoms with E-state index >= 15 is 0 Å². The van der Waals surface area contributed by atoms with E-state index in [2.05, 4.69) is 25.9 Å². The van der Waals surface area contributed by atoms with Crippen LogP contribution in [0.4, 0.5) is 0 Å². The van der Waals surface area contributed by atoms with Gasteiger partial charge in [0.25, 0.3) is 5.91 Å². The van der Waals surface area contributed by atoms with Gasteiger partial charge in [0.05, 0.1) is 61.0 Å². The molecule has 1 saturated carbocycles. The van der Waals surface area contributed by atoms with E-state index in [0.29, 0.717) is 44.2 Å². The number of ether oxygens (including phenoxy) is 3. The second-order valence-corrected chi connectivity index (χ2v) is 14.8. The quantitative estimate of drug-likeness (QED) is 0.0805. The number of aliphatic hydroxyl groups is 2. The third-order valence-electron chi connectivity index (χ3n) is 10.5. The van der Waals surface area contributed by atoms with Crippen molar-refractivity contribution in [2.24, 2.45) is 23.7 Å². The van der Waals surface area contributed by atoms with Gasteiger partial charge in [-0.15, -0.1) is 0 Å². The normalized spacial score (nSPS) is 17.0. The Labute approximate surface area is 319 Å². The van der Waals surface area contributed by atoms with E-state index in [0.717, 1.165) is 43.1 Å². The lowest BCUT2D eigenvalue weighted by Crippen LogP contribution is -2.57. The fourth-order valence-corrected chi connectivity index (χ4v) is 7.17. The fraction of sp³-hybridized carbons (Fsp3) is 0.610. The molecule has 1 aliphatic rings. The minimum atomic E-state index is -1.54. The number of imidazole rings is 1. The Morgan fingerprint density at radius 2 is 1.59 bits per heavy atom. The highest BCUT2D eigenvalue weighted by atomic mass is 16.5. The van der Waals surface area contributed by atoms with Gasteiger partial charge in [0.15, 0.2) is 0 Å². The molecule has 1 aromatic heterocycles. The zero-order valence-corrected chi connectivity index (χ0v) is 32.5. The van der Waals surface area contributed by atoms with Crippen LogP contribution in [0.25, 0.3) is 11.0 Å². The van der Waals surface area contributed by atoms with Crippen molar-refractivity contribution in [3.8, 4) is 5.75 Å². The molecular formula is C41H61N5O8. The number of hydrogen-bond donors (Lipinski definition) is 6. The molecule has 0 aliphatic heterocycles. The summed E-state index contributed by atoms with van der Waals surface area (Å²) in [6.07, 6.45) is 3.19. The number of aliphatic hydroxyl groups excluding tert-OH is 2. The van der Waals surface area contributed by atoms with Crippen molar-refractivity contribution in [1.82, 2.24) is 25.9 Å². The molecule has 298 valence electrons. The van der Waals surface area contributed by atoms with Gasteiger partial charge in [-0.1, -0.05) is 90.5 Å². The number of methoxy groups -OCH3 is 1. The number of para-hydroxylation sites is 3. The third-order valence-corrected chi connectivity index (χ3v) is 10.5. The van der Waals surface area contributed by atoms with Crippen LogP contribution in [-0.2, 0) is 25.6 Å². The lowest BCUT2D eigenvalue weighted by atomic mass is 9.79. The topological polar surface area (TPSA) is 184 Å². The molecule has 3 amide bonds. The second kappa shape index (κ2) is 21.7. The average molecular weight is 752 g/mol. The molecule has 54 heavy (non-hydrogen) atoms. The molecule has 0 radical (unpaired) electrons. The van der Waals surface area contributed by atoms with Crippen LogP contribution in [0.5, 0.6) is 5.75 Å². The van der Waals surface area contributed by atoms with E-state index in [1.54, 1.807) is 45.2 Å². The summed E-state index contributed by atoms with van der Waals surface area (Å²) >= 11 is 0. The van der Waals surface area contributed by atoms with Crippen LogP contribution in [0.2, 0.25) is 0 Å². The van der Waals surface area contributed by atoms with Crippen molar-refractivity contribution in [2.45, 2.75) is 103 Å². The van der Waals surface area contributed by atoms with Crippen LogP contribution in [0.3, 0.4) is 0 Å². The maximum atomic E-state index is 14.0. The van der Waals surface area contributed by atoms with Gasteiger partial charge >= 0.3 is 0 Å². The first-order chi connectivity index (χ1) is 26.0. The number of carbonyl (C=O) groups is 3. The van der Waals surface area contributed by atoms with Crippen molar-refractivity contribution in [3.05, 3.63) is 59.9 Å². The predicted octanol–water partition coefficient (Wildman–Crippen LogP) is 4.51. The standard InChI is InChI=1S/C41H61N5O8/c1-6-27(4)36(41(51)42-25-34-43-30-17-11-12-18-31(30)44-34)46-40(50)35(26(2)3)38(48)37(47)32(24-28-14-8-7-9-15-28)45-39(49)29-16-10-13-19-33(29)54-23-22-53-21-20-52-5/h10-13,16-19,26-28,32,35-38,47-48H,6-9,14-15,20-25H2,1-5H3,(H,42,51)(H,43,44)(H,45,49)(H,46,50)/t27?,32-,35+,36?,37+,38+/m0/s1. The summed E-state index contributed by atoms with van der Waals surface area (Å²) in [4.78, 5) is 49.2. The number of nitrogens with one attached hydrogen (secondary N) is 4. The number of carbonyl (C=O) groups excluding carboxylic acids is 3. The van der Waals surface area contributed by atoms with Crippen molar-refractivity contribution < 1.29 is 38.8 Å². The molecular weight excluding hydrogens is 690 g/mol. The number of aromatic nitrogens is 2. The van der Waals surface area contributed by atoms with Gasteiger partial charge in [0.2, 0.25) is 11.8 Å². The Morgan fingerprint density at radius 1 is 0.889 bits per heavy atom.